The van der Waals surface area contributed by atoms with Crippen molar-refractivity contribution in [1.29, 1.82) is 0 Å². The van der Waals surface area contributed by atoms with Crippen molar-refractivity contribution in [3.05, 3.63) is 23.8 Å². The van der Waals surface area contributed by atoms with Gasteiger partial charge < -0.3 is 37.9 Å². The van der Waals surface area contributed by atoms with Gasteiger partial charge in [-0.2, -0.15) is 0 Å². The molecular formula is C25H32O14. The van der Waals surface area contributed by atoms with Crippen LogP contribution < -0.4 is 9.47 Å². The van der Waals surface area contributed by atoms with E-state index in [1.165, 1.54) is 14.2 Å². The Morgan fingerprint density at radius 3 is 1.54 bits per heavy atom. The molecule has 14 nitrogen and oxygen atoms in total. The summed E-state index contributed by atoms with van der Waals surface area (Å²) in [4.78, 5) is 72.3. The summed E-state index contributed by atoms with van der Waals surface area (Å²) in [6, 6.07) is 4.70. The molecule has 4 unspecified atom stereocenters. The number of hydrogen-bond donors (Lipinski definition) is 0. The van der Waals surface area contributed by atoms with Crippen molar-refractivity contribution < 1.29 is 66.7 Å². The Bertz CT molecular complexity index is 1030. The zero-order valence-corrected chi connectivity index (χ0v) is 22.7. The van der Waals surface area contributed by atoms with Crippen molar-refractivity contribution in [3.63, 3.8) is 0 Å². The van der Waals surface area contributed by atoms with Gasteiger partial charge in [-0.3, -0.25) is 24.0 Å². The van der Waals surface area contributed by atoms with Crippen LogP contribution in [0.2, 0.25) is 0 Å². The molecule has 1 aromatic rings. The van der Waals surface area contributed by atoms with Crippen molar-refractivity contribution in [2.45, 2.75) is 65.6 Å². The summed E-state index contributed by atoms with van der Waals surface area (Å²) in [5, 5.41) is 0. The number of esters is 6. The summed E-state index contributed by atoms with van der Waals surface area (Å²) < 4.78 is 41.3. The summed E-state index contributed by atoms with van der Waals surface area (Å²) in [7, 11) is 2.85. The molecule has 14 heteroatoms. The third kappa shape index (κ3) is 11.7. The normalized spacial score (nSPS) is 13.4. The van der Waals surface area contributed by atoms with Crippen LogP contribution in [0.1, 0.15) is 40.2 Å². The number of carbonyl (C=O) groups is 6. The highest BCUT2D eigenvalue weighted by Gasteiger charge is 2.47. The first kappa shape index (κ1) is 32.7. The molecule has 0 aliphatic rings. The smallest absolute Gasteiger partial charge is 0.351 e. The Kier molecular flexibility index (Phi) is 13.2. The summed E-state index contributed by atoms with van der Waals surface area (Å²) in [6.07, 6.45) is -7.24. The minimum atomic E-state index is -2.00. The molecule has 0 aliphatic carbocycles. The molecule has 1 aromatic carbocycles. The van der Waals surface area contributed by atoms with Crippen LogP contribution in [0.25, 0.3) is 0 Å². The summed E-state index contributed by atoms with van der Waals surface area (Å²) in [5.74, 6) is -4.97. The Morgan fingerprint density at radius 1 is 0.615 bits per heavy atom. The van der Waals surface area contributed by atoms with Crippen molar-refractivity contribution in [2.24, 2.45) is 0 Å². The number of carbonyl (C=O) groups excluding carboxylic acids is 6. The zero-order chi connectivity index (χ0) is 29.7. The lowest BCUT2D eigenvalue weighted by molar-refractivity contribution is -0.208. The third-order valence-electron chi connectivity index (χ3n) is 4.68. The van der Waals surface area contributed by atoms with Gasteiger partial charge >= 0.3 is 35.8 Å². The molecule has 0 heterocycles. The maximum atomic E-state index is 13.2. The number of ether oxygens (including phenoxy) is 8. The third-order valence-corrected chi connectivity index (χ3v) is 4.68. The van der Waals surface area contributed by atoms with E-state index in [2.05, 4.69) is 0 Å². The summed E-state index contributed by atoms with van der Waals surface area (Å²) in [6.45, 7) is 4.01. The van der Waals surface area contributed by atoms with Gasteiger partial charge in [0.05, 0.1) is 14.2 Å². The number of hydrogen-bond acceptors (Lipinski definition) is 14. The fraction of sp³-hybridized carbons (Fsp3) is 0.520. The van der Waals surface area contributed by atoms with Crippen LogP contribution in [0.3, 0.4) is 0 Å². The molecule has 39 heavy (non-hydrogen) atoms. The van der Waals surface area contributed by atoms with Gasteiger partial charge in [0.2, 0.25) is 6.10 Å². The molecule has 0 aromatic heterocycles. The Labute approximate surface area is 224 Å². The second-order valence-electron chi connectivity index (χ2n) is 7.96. The first-order chi connectivity index (χ1) is 18.3. The molecule has 216 valence electrons. The van der Waals surface area contributed by atoms with Crippen LogP contribution in [0.5, 0.6) is 11.5 Å². The molecule has 0 aliphatic heterocycles. The Balaban J connectivity index is 3.47. The summed E-state index contributed by atoms with van der Waals surface area (Å²) >= 11 is 0. The second-order valence-corrected chi connectivity index (χ2v) is 7.96. The topological polar surface area (TPSA) is 176 Å². The van der Waals surface area contributed by atoms with E-state index in [0.717, 1.165) is 34.6 Å². The number of benzene rings is 1. The van der Waals surface area contributed by atoms with E-state index in [4.69, 9.17) is 37.9 Å². The minimum Gasteiger partial charge on any atom is -0.497 e. The standard InChI is InChI=1S/C25H32O14/c1-13(26)34-12-21(36-14(2)27)22(37-15(3)28)23(38-16(4)29)24(39-17(5)30)25(31)35-11-18-8-19(32-6)10-20(9-18)33-7/h8-10,21-24H,11-12H2,1-7H3. The first-order valence-corrected chi connectivity index (χ1v) is 11.5. The van der Waals surface area contributed by atoms with Crippen molar-refractivity contribution in [2.75, 3.05) is 20.8 Å². The molecule has 0 N–H and O–H groups in total. The van der Waals surface area contributed by atoms with Gasteiger partial charge in [0.1, 0.15) is 24.7 Å². The fourth-order valence-electron chi connectivity index (χ4n) is 3.26. The molecular weight excluding hydrogens is 524 g/mol. The summed E-state index contributed by atoms with van der Waals surface area (Å²) in [5.41, 5.74) is 0.425. The van der Waals surface area contributed by atoms with E-state index >= 15 is 0 Å². The monoisotopic (exact) mass is 556 g/mol. The second kappa shape index (κ2) is 15.8. The molecule has 0 bridgehead atoms. The van der Waals surface area contributed by atoms with E-state index < -0.39 is 66.8 Å². The van der Waals surface area contributed by atoms with Crippen LogP contribution in [0.4, 0.5) is 0 Å². The van der Waals surface area contributed by atoms with Crippen LogP contribution >= 0.6 is 0 Å². The maximum absolute atomic E-state index is 13.2. The number of methoxy groups -OCH3 is 2. The highest BCUT2D eigenvalue weighted by molar-refractivity contribution is 5.80. The molecule has 4 atom stereocenters. The lowest BCUT2D eigenvalue weighted by Gasteiger charge is -2.34. The fourth-order valence-corrected chi connectivity index (χ4v) is 3.26. The lowest BCUT2D eigenvalue weighted by Crippen LogP contribution is -2.55. The van der Waals surface area contributed by atoms with E-state index in [1.807, 2.05) is 0 Å². The van der Waals surface area contributed by atoms with Crippen molar-refractivity contribution in [3.8, 4) is 11.5 Å². The average molecular weight is 557 g/mol. The van der Waals surface area contributed by atoms with Gasteiger partial charge in [-0.05, 0) is 17.7 Å². The maximum Gasteiger partial charge on any atom is 0.351 e. The predicted molar refractivity (Wildman–Crippen MR) is 128 cm³/mol. The van der Waals surface area contributed by atoms with Crippen molar-refractivity contribution in [1.82, 2.24) is 0 Å². The average Bonchev–Trinajstić information content (AvgIpc) is 2.84. The SMILES string of the molecule is COc1cc(COC(=O)C(OC(C)=O)C(OC(C)=O)C(OC(C)=O)C(COC(C)=O)OC(C)=O)cc(OC)c1. The molecule has 0 saturated carbocycles. The van der Waals surface area contributed by atoms with Gasteiger partial charge in [-0.25, -0.2) is 4.79 Å². The zero-order valence-electron chi connectivity index (χ0n) is 22.7. The van der Waals surface area contributed by atoms with E-state index in [9.17, 15) is 28.8 Å². The highest BCUT2D eigenvalue weighted by atomic mass is 16.7. The van der Waals surface area contributed by atoms with E-state index in [-0.39, 0.29) is 6.61 Å². The van der Waals surface area contributed by atoms with E-state index in [1.54, 1.807) is 18.2 Å². The van der Waals surface area contributed by atoms with Crippen LogP contribution in [-0.4, -0.2) is 81.1 Å². The molecule has 0 spiro atoms. The molecule has 0 amide bonds. The Morgan fingerprint density at radius 2 is 1.10 bits per heavy atom. The quantitative estimate of drug-likeness (QED) is 0.234. The molecule has 1 rings (SSSR count). The lowest BCUT2D eigenvalue weighted by atomic mass is 10.0. The predicted octanol–water partition coefficient (Wildman–Crippen LogP) is 1.04. The molecule has 0 saturated heterocycles. The molecule has 0 radical (unpaired) electrons. The largest absolute Gasteiger partial charge is 0.497 e. The van der Waals surface area contributed by atoms with Crippen molar-refractivity contribution >= 4 is 35.8 Å². The first-order valence-electron chi connectivity index (χ1n) is 11.5. The van der Waals surface area contributed by atoms with Crippen LogP contribution in [0, 0.1) is 0 Å². The van der Waals surface area contributed by atoms with Crippen LogP contribution in [0.15, 0.2) is 18.2 Å². The van der Waals surface area contributed by atoms with Gasteiger partial charge in [-0.1, -0.05) is 0 Å². The molecule has 0 fully saturated rings. The van der Waals surface area contributed by atoms with E-state index in [0.29, 0.717) is 17.1 Å². The highest BCUT2D eigenvalue weighted by Crippen LogP contribution is 2.25. The van der Waals surface area contributed by atoms with Crippen LogP contribution in [-0.2, 0) is 63.8 Å². The van der Waals surface area contributed by atoms with Gasteiger partial charge in [0, 0.05) is 40.7 Å². The van der Waals surface area contributed by atoms with Gasteiger partial charge in [0.25, 0.3) is 0 Å². The Hall–Kier alpha value is -4.36. The van der Waals surface area contributed by atoms with Gasteiger partial charge in [-0.15, -0.1) is 0 Å². The number of rotatable bonds is 14. The van der Waals surface area contributed by atoms with Gasteiger partial charge in [0.15, 0.2) is 18.3 Å². The minimum absolute atomic E-state index is 0.365.